The summed E-state index contributed by atoms with van der Waals surface area (Å²) in [5.41, 5.74) is 1.20. The highest BCUT2D eigenvalue weighted by Gasteiger charge is 2.24. The fourth-order valence-electron chi connectivity index (χ4n) is 1.82. The van der Waals surface area contributed by atoms with E-state index < -0.39 is 12.1 Å². The Labute approximate surface area is 111 Å². The molecule has 3 nitrogen and oxygen atoms in total. The van der Waals surface area contributed by atoms with E-state index in [1.807, 2.05) is 24.3 Å². The smallest absolute Gasteiger partial charge is 0.303 e. The molecular weight excluding hydrogens is 240 g/mol. The molecule has 0 aromatic heterocycles. The van der Waals surface area contributed by atoms with E-state index in [0.29, 0.717) is 11.1 Å². The summed E-state index contributed by atoms with van der Waals surface area (Å²) in [6.07, 6.45) is -0.888. The second-order valence-corrected chi connectivity index (χ2v) is 4.13. The van der Waals surface area contributed by atoms with Crippen molar-refractivity contribution < 1.29 is 14.3 Å². The number of ether oxygens (including phenoxy) is 1. The van der Waals surface area contributed by atoms with Crippen molar-refractivity contribution in [3.8, 4) is 0 Å². The summed E-state index contributed by atoms with van der Waals surface area (Å²) in [6, 6.07) is 17.8. The van der Waals surface area contributed by atoms with Gasteiger partial charge in [-0.25, -0.2) is 0 Å². The lowest BCUT2D eigenvalue weighted by Crippen LogP contribution is -2.18. The molecule has 2 aromatic carbocycles. The quantitative estimate of drug-likeness (QED) is 0.621. The van der Waals surface area contributed by atoms with Gasteiger partial charge in [-0.15, -0.1) is 0 Å². The number of ketones is 1. The van der Waals surface area contributed by atoms with Crippen LogP contribution in [0.25, 0.3) is 0 Å². The highest BCUT2D eigenvalue weighted by atomic mass is 16.5. The molecule has 0 aliphatic carbocycles. The van der Waals surface area contributed by atoms with Crippen LogP contribution in [0.3, 0.4) is 0 Å². The Morgan fingerprint density at radius 1 is 0.895 bits per heavy atom. The van der Waals surface area contributed by atoms with Crippen molar-refractivity contribution in [3.05, 3.63) is 71.8 Å². The van der Waals surface area contributed by atoms with Crippen LogP contribution in [0.1, 0.15) is 28.9 Å². The number of carbonyl (C=O) groups is 2. The summed E-state index contributed by atoms with van der Waals surface area (Å²) < 4.78 is 5.16. The summed E-state index contributed by atoms with van der Waals surface area (Å²) in [6.45, 7) is 1.30. The molecule has 3 heteroatoms. The van der Waals surface area contributed by atoms with Crippen LogP contribution in [0.5, 0.6) is 0 Å². The molecule has 0 heterocycles. The van der Waals surface area contributed by atoms with Crippen molar-refractivity contribution >= 4 is 11.8 Å². The molecule has 19 heavy (non-hydrogen) atoms. The first kappa shape index (κ1) is 13.0. The minimum absolute atomic E-state index is 0.220. The molecule has 0 spiro atoms. The third-order valence-electron chi connectivity index (χ3n) is 2.68. The Kier molecular flexibility index (Phi) is 4.08. The highest BCUT2D eigenvalue weighted by Crippen LogP contribution is 2.22. The number of Topliss-reactive ketones (excluding diaryl/α,β-unsaturated/α-hetero) is 1. The summed E-state index contributed by atoms with van der Waals surface area (Å²) >= 11 is 0. The van der Waals surface area contributed by atoms with Gasteiger partial charge >= 0.3 is 5.97 Å². The van der Waals surface area contributed by atoms with Crippen LogP contribution in [0.15, 0.2) is 60.7 Å². The summed E-state index contributed by atoms with van der Waals surface area (Å²) in [5, 5.41) is 0. The van der Waals surface area contributed by atoms with E-state index in [1.54, 1.807) is 36.4 Å². The monoisotopic (exact) mass is 254 g/mol. The van der Waals surface area contributed by atoms with E-state index >= 15 is 0 Å². The maximum atomic E-state index is 12.4. The lowest BCUT2D eigenvalue weighted by atomic mass is 10.00. The molecule has 0 bridgehead atoms. The molecule has 0 amide bonds. The standard InChI is InChI=1S/C16H14O3/c1-12(17)19-16(14-10-6-3-7-11-14)15(18)13-8-4-2-5-9-13/h2-11,16H,1H3. The van der Waals surface area contributed by atoms with Gasteiger partial charge in [0.05, 0.1) is 0 Å². The molecule has 1 unspecified atom stereocenters. The maximum Gasteiger partial charge on any atom is 0.303 e. The van der Waals surface area contributed by atoms with E-state index in [4.69, 9.17) is 4.74 Å². The molecule has 96 valence electrons. The van der Waals surface area contributed by atoms with Gasteiger partial charge < -0.3 is 4.74 Å². The first-order valence-corrected chi connectivity index (χ1v) is 6.00. The van der Waals surface area contributed by atoms with E-state index in [2.05, 4.69) is 0 Å². The lowest BCUT2D eigenvalue weighted by molar-refractivity contribution is -0.144. The van der Waals surface area contributed by atoms with Crippen LogP contribution in [0, 0.1) is 0 Å². The summed E-state index contributed by atoms with van der Waals surface area (Å²) in [5.74, 6) is -0.694. The number of hydrogen-bond donors (Lipinski definition) is 0. The fourth-order valence-corrected chi connectivity index (χ4v) is 1.82. The Morgan fingerprint density at radius 2 is 1.42 bits per heavy atom. The first-order chi connectivity index (χ1) is 9.18. The Hall–Kier alpha value is -2.42. The first-order valence-electron chi connectivity index (χ1n) is 6.00. The zero-order valence-electron chi connectivity index (χ0n) is 10.6. The van der Waals surface area contributed by atoms with Gasteiger partial charge in [0.2, 0.25) is 5.78 Å². The van der Waals surface area contributed by atoms with Gasteiger partial charge in [-0.3, -0.25) is 9.59 Å². The Bertz CT molecular complexity index is 561. The van der Waals surface area contributed by atoms with Crippen LogP contribution in [0.4, 0.5) is 0 Å². The van der Waals surface area contributed by atoms with Crippen LogP contribution in [0.2, 0.25) is 0 Å². The van der Waals surface area contributed by atoms with Gasteiger partial charge in [-0.05, 0) is 0 Å². The van der Waals surface area contributed by atoms with Crippen LogP contribution < -0.4 is 0 Å². The SMILES string of the molecule is CC(=O)OC(C(=O)c1ccccc1)c1ccccc1. The number of benzene rings is 2. The van der Waals surface area contributed by atoms with Crippen molar-refractivity contribution in [1.82, 2.24) is 0 Å². The molecule has 0 fully saturated rings. The van der Waals surface area contributed by atoms with E-state index in [1.165, 1.54) is 6.92 Å². The van der Waals surface area contributed by atoms with Gasteiger partial charge in [-0.1, -0.05) is 60.7 Å². The molecule has 0 saturated carbocycles. The topological polar surface area (TPSA) is 43.4 Å². The predicted molar refractivity (Wildman–Crippen MR) is 71.7 cm³/mol. The maximum absolute atomic E-state index is 12.4. The van der Waals surface area contributed by atoms with Gasteiger partial charge in [0.1, 0.15) is 0 Å². The van der Waals surface area contributed by atoms with Crippen LogP contribution in [-0.2, 0) is 9.53 Å². The molecule has 2 aromatic rings. The average molecular weight is 254 g/mol. The molecular formula is C16H14O3. The minimum atomic E-state index is -0.888. The zero-order chi connectivity index (χ0) is 13.7. The van der Waals surface area contributed by atoms with Gasteiger partial charge in [-0.2, -0.15) is 0 Å². The molecule has 0 aliphatic rings. The largest absolute Gasteiger partial charge is 0.449 e. The zero-order valence-corrected chi connectivity index (χ0v) is 10.6. The normalized spacial score (nSPS) is 11.6. The third kappa shape index (κ3) is 3.28. The molecule has 0 aliphatic heterocycles. The van der Waals surface area contributed by atoms with Gasteiger partial charge in [0, 0.05) is 18.1 Å². The predicted octanol–water partition coefficient (Wildman–Crippen LogP) is 3.17. The molecule has 2 rings (SSSR count). The number of carbonyl (C=O) groups excluding carboxylic acids is 2. The van der Waals surface area contributed by atoms with Crippen LogP contribution in [-0.4, -0.2) is 11.8 Å². The van der Waals surface area contributed by atoms with E-state index in [-0.39, 0.29) is 5.78 Å². The summed E-state index contributed by atoms with van der Waals surface area (Å²) in [4.78, 5) is 23.6. The van der Waals surface area contributed by atoms with Gasteiger partial charge in [0.25, 0.3) is 0 Å². The molecule has 0 N–H and O–H groups in total. The Balaban J connectivity index is 2.33. The number of rotatable bonds is 4. The van der Waals surface area contributed by atoms with E-state index in [9.17, 15) is 9.59 Å². The second kappa shape index (κ2) is 5.96. The van der Waals surface area contributed by atoms with Crippen molar-refractivity contribution in [1.29, 1.82) is 0 Å². The van der Waals surface area contributed by atoms with Crippen molar-refractivity contribution in [2.24, 2.45) is 0 Å². The average Bonchev–Trinajstić information content (AvgIpc) is 2.46. The lowest BCUT2D eigenvalue weighted by Gasteiger charge is -2.16. The van der Waals surface area contributed by atoms with Crippen molar-refractivity contribution in [3.63, 3.8) is 0 Å². The van der Waals surface area contributed by atoms with Crippen molar-refractivity contribution in [2.75, 3.05) is 0 Å². The fraction of sp³-hybridized carbons (Fsp3) is 0.125. The molecule has 0 radical (unpaired) electrons. The Morgan fingerprint density at radius 3 is 1.95 bits per heavy atom. The number of esters is 1. The van der Waals surface area contributed by atoms with Crippen molar-refractivity contribution in [2.45, 2.75) is 13.0 Å². The van der Waals surface area contributed by atoms with Gasteiger partial charge in [0.15, 0.2) is 6.10 Å². The number of hydrogen-bond acceptors (Lipinski definition) is 3. The summed E-state index contributed by atoms with van der Waals surface area (Å²) in [7, 11) is 0. The second-order valence-electron chi connectivity index (χ2n) is 4.13. The minimum Gasteiger partial charge on any atom is -0.449 e. The van der Waals surface area contributed by atoms with E-state index in [0.717, 1.165) is 0 Å². The molecule has 1 atom stereocenters. The van der Waals surface area contributed by atoms with Crippen LogP contribution >= 0.6 is 0 Å². The highest BCUT2D eigenvalue weighted by molar-refractivity contribution is 6.00. The molecule has 0 saturated heterocycles. The third-order valence-corrected chi connectivity index (χ3v) is 2.68.